The predicted octanol–water partition coefficient (Wildman–Crippen LogP) is 3.93. The van der Waals surface area contributed by atoms with E-state index in [2.05, 4.69) is 0 Å². The van der Waals surface area contributed by atoms with Gasteiger partial charge in [0.1, 0.15) is 0 Å². The van der Waals surface area contributed by atoms with E-state index in [0.29, 0.717) is 25.7 Å². The van der Waals surface area contributed by atoms with Crippen LogP contribution in [0.25, 0.3) is 0 Å². The van der Waals surface area contributed by atoms with Gasteiger partial charge < -0.3 is 0 Å². The van der Waals surface area contributed by atoms with Crippen molar-refractivity contribution >= 4 is 20.2 Å². The third-order valence-electron chi connectivity index (χ3n) is 4.95. The fourth-order valence-corrected chi connectivity index (χ4v) is 5.74. The van der Waals surface area contributed by atoms with Crippen LogP contribution in [0.2, 0.25) is 0 Å². The van der Waals surface area contributed by atoms with Gasteiger partial charge in [0.15, 0.2) is 0 Å². The Morgan fingerprint density at radius 3 is 1.17 bits per heavy atom. The minimum atomic E-state index is -4.27. The molecule has 0 saturated carbocycles. The Kier molecular flexibility index (Phi) is 10.7. The SMILES string of the molecule is CCCCCC(C(C)C(C)C(CCCCC)S(=O)(=O)O)S(=O)(=O)O. The molecule has 0 aliphatic carbocycles. The number of rotatable bonds is 13. The van der Waals surface area contributed by atoms with E-state index >= 15 is 0 Å². The van der Waals surface area contributed by atoms with Gasteiger partial charge in [-0.3, -0.25) is 9.11 Å². The van der Waals surface area contributed by atoms with E-state index in [1.165, 1.54) is 0 Å². The molecule has 0 heterocycles. The van der Waals surface area contributed by atoms with Gasteiger partial charge in [-0.25, -0.2) is 0 Å². The highest BCUT2D eigenvalue weighted by Gasteiger charge is 2.39. The third kappa shape index (κ3) is 8.27. The summed E-state index contributed by atoms with van der Waals surface area (Å²) in [5.41, 5.74) is 0. The Balaban J connectivity index is 5.29. The molecule has 0 aliphatic rings. The molecule has 2 N–H and O–H groups in total. The van der Waals surface area contributed by atoms with E-state index in [1.54, 1.807) is 13.8 Å². The first-order valence-corrected chi connectivity index (χ1v) is 11.9. The second-order valence-electron chi connectivity index (χ2n) is 6.82. The summed E-state index contributed by atoms with van der Waals surface area (Å²) in [6.07, 6.45) is 5.46. The minimum Gasteiger partial charge on any atom is -0.285 e. The molecule has 0 fully saturated rings. The molecule has 8 heteroatoms. The van der Waals surface area contributed by atoms with Gasteiger partial charge >= 0.3 is 0 Å². The Bertz CT molecular complexity index is 491. The Labute approximate surface area is 147 Å². The molecule has 0 rings (SSSR count). The molecule has 0 amide bonds. The maximum Gasteiger partial charge on any atom is 0.268 e. The van der Waals surface area contributed by atoms with Gasteiger partial charge in [-0.2, -0.15) is 16.8 Å². The minimum absolute atomic E-state index is 0.297. The van der Waals surface area contributed by atoms with Crippen molar-refractivity contribution in [2.24, 2.45) is 11.8 Å². The van der Waals surface area contributed by atoms with Gasteiger partial charge in [-0.15, -0.1) is 0 Å². The van der Waals surface area contributed by atoms with E-state index in [1.807, 2.05) is 13.8 Å². The van der Waals surface area contributed by atoms with Gasteiger partial charge in [-0.1, -0.05) is 66.2 Å². The molecule has 0 spiro atoms. The van der Waals surface area contributed by atoms with Crippen molar-refractivity contribution in [2.45, 2.75) is 89.6 Å². The van der Waals surface area contributed by atoms with Crippen LogP contribution in [-0.4, -0.2) is 36.4 Å². The standard InChI is InChI=1S/C16H34O6S2/c1-5-7-9-11-15(23(17,18)19)13(3)14(4)16(24(20,21)22)12-10-8-6-2/h13-16H,5-12H2,1-4H3,(H,17,18,19)(H,20,21,22). The molecule has 0 aromatic heterocycles. The van der Waals surface area contributed by atoms with Crippen LogP contribution in [0, 0.1) is 11.8 Å². The van der Waals surface area contributed by atoms with Gasteiger partial charge in [-0.05, 0) is 24.7 Å². The summed E-state index contributed by atoms with van der Waals surface area (Å²) in [4.78, 5) is 0. The third-order valence-corrected chi connectivity index (χ3v) is 7.81. The normalized spacial score (nSPS) is 18.1. The molecule has 0 radical (unpaired) electrons. The summed E-state index contributed by atoms with van der Waals surface area (Å²) in [6.45, 7) is 7.29. The zero-order valence-corrected chi connectivity index (χ0v) is 16.9. The molecule has 0 aromatic rings. The van der Waals surface area contributed by atoms with Crippen molar-refractivity contribution in [1.29, 1.82) is 0 Å². The van der Waals surface area contributed by atoms with Gasteiger partial charge in [0.25, 0.3) is 20.2 Å². The number of hydrogen-bond donors (Lipinski definition) is 2. The summed E-state index contributed by atoms with van der Waals surface area (Å²) >= 11 is 0. The van der Waals surface area contributed by atoms with Crippen molar-refractivity contribution < 1.29 is 25.9 Å². The van der Waals surface area contributed by atoms with Crippen LogP contribution >= 0.6 is 0 Å². The number of hydrogen-bond acceptors (Lipinski definition) is 4. The van der Waals surface area contributed by atoms with E-state index in [9.17, 15) is 25.9 Å². The van der Waals surface area contributed by atoms with E-state index < -0.39 is 42.6 Å². The Morgan fingerprint density at radius 1 is 0.667 bits per heavy atom. The lowest BCUT2D eigenvalue weighted by Crippen LogP contribution is -2.39. The highest BCUT2D eigenvalue weighted by Crippen LogP contribution is 2.31. The van der Waals surface area contributed by atoms with Crippen molar-refractivity contribution in [1.82, 2.24) is 0 Å². The number of unbranched alkanes of at least 4 members (excludes halogenated alkanes) is 4. The van der Waals surface area contributed by atoms with Crippen LogP contribution in [0.3, 0.4) is 0 Å². The van der Waals surface area contributed by atoms with Crippen LogP contribution in [-0.2, 0) is 20.2 Å². The van der Waals surface area contributed by atoms with Crippen LogP contribution in [0.4, 0.5) is 0 Å². The van der Waals surface area contributed by atoms with Crippen LogP contribution < -0.4 is 0 Å². The lowest BCUT2D eigenvalue weighted by atomic mass is 9.86. The molecule has 146 valence electrons. The van der Waals surface area contributed by atoms with Gasteiger partial charge in [0.05, 0.1) is 10.5 Å². The first kappa shape index (κ1) is 23.8. The van der Waals surface area contributed by atoms with E-state index in [-0.39, 0.29) is 0 Å². The lowest BCUT2D eigenvalue weighted by Gasteiger charge is -2.31. The zero-order valence-electron chi connectivity index (χ0n) is 15.3. The topological polar surface area (TPSA) is 109 Å². The highest BCUT2D eigenvalue weighted by molar-refractivity contribution is 7.86. The maximum absolute atomic E-state index is 11.7. The van der Waals surface area contributed by atoms with Crippen molar-refractivity contribution in [3.8, 4) is 0 Å². The van der Waals surface area contributed by atoms with E-state index in [0.717, 1.165) is 25.7 Å². The second-order valence-corrected chi connectivity index (χ2v) is 10.1. The van der Waals surface area contributed by atoms with Crippen molar-refractivity contribution in [2.75, 3.05) is 0 Å². The molecular formula is C16H34O6S2. The second kappa shape index (κ2) is 10.7. The fourth-order valence-electron chi connectivity index (χ4n) is 3.23. The maximum atomic E-state index is 11.7. The van der Waals surface area contributed by atoms with Crippen molar-refractivity contribution in [3.05, 3.63) is 0 Å². The Hall–Kier alpha value is -0.180. The quantitative estimate of drug-likeness (QED) is 0.367. The summed E-state index contributed by atoms with van der Waals surface area (Å²) in [6, 6.07) is 0. The van der Waals surface area contributed by atoms with Gasteiger partial charge in [0, 0.05) is 0 Å². The smallest absolute Gasteiger partial charge is 0.268 e. The first-order valence-electron chi connectivity index (χ1n) is 8.89. The molecule has 4 unspecified atom stereocenters. The molecule has 0 saturated heterocycles. The van der Waals surface area contributed by atoms with Crippen LogP contribution in [0.5, 0.6) is 0 Å². The van der Waals surface area contributed by atoms with Gasteiger partial charge in [0.2, 0.25) is 0 Å². The average molecular weight is 387 g/mol. The molecule has 6 nitrogen and oxygen atoms in total. The first-order chi connectivity index (χ1) is 11.0. The monoisotopic (exact) mass is 386 g/mol. The largest absolute Gasteiger partial charge is 0.285 e. The van der Waals surface area contributed by atoms with Crippen molar-refractivity contribution in [3.63, 3.8) is 0 Å². The Morgan fingerprint density at radius 2 is 0.958 bits per heavy atom. The summed E-state index contributed by atoms with van der Waals surface area (Å²) < 4.78 is 66.1. The zero-order chi connectivity index (χ0) is 19.0. The fraction of sp³-hybridized carbons (Fsp3) is 1.00. The molecule has 0 aliphatic heterocycles. The van der Waals surface area contributed by atoms with Crippen LogP contribution in [0.15, 0.2) is 0 Å². The molecule has 24 heavy (non-hydrogen) atoms. The molecule has 0 bridgehead atoms. The highest BCUT2D eigenvalue weighted by atomic mass is 32.2. The molecule has 0 aromatic carbocycles. The summed E-state index contributed by atoms with van der Waals surface area (Å²) in [7, 11) is -8.54. The molecule has 4 atom stereocenters. The molecular weight excluding hydrogens is 352 g/mol. The predicted molar refractivity (Wildman–Crippen MR) is 97.3 cm³/mol. The summed E-state index contributed by atoms with van der Waals surface area (Å²) in [5, 5.41) is -2.01. The summed E-state index contributed by atoms with van der Waals surface area (Å²) in [5.74, 6) is -1.13. The van der Waals surface area contributed by atoms with Crippen LogP contribution in [0.1, 0.15) is 79.1 Å². The average Bonchev–Trinajstić information content (AvgIpc) is 2.44. The lowest BCUT2D eigenvalue weighted by molar-refractivity contribution is 0.300. The van der Waals surface area contributed by atoms with E-state index in [4.69, 9.17) is 0 Å².